The first-order valence-corrected chi connectivity index (χ1v) is 5.45. The van der Waals surface area contributed by atoms with Crippen molar-refractivity contribution in [3.63, 3.8) is 0 Å². The first-order chi connectivity index (χ1) is 6.65. The van der Waals surface area contributed by atoms with Gasteiger partial charge in [0.25, 0.3) is 0 Å². The topological polar surface area (TPSA) is 46.5 Å². The van der Waals surface area contributed by atoms with Gasteiger partial charge in [-0.1, -0.05) is 6.92 Å². The lowest BCUT2D eigenvalue weighted by molar-refractivity contribution is -0.146. The fourth-order valence-electron chi connectivity index (χ4n) is 2.28. The van der Waals surface area contributed by atoms with Gasteiger partial charge in [-0.05, 0) is 38.0 Å². The Balaban J connectivity index is 2.50. The molecule has 1 rings (SSSR count). The Morgan fingerprint density at radius 1 is 1.50 bits per heavy atom. The SMILES string of the molecule is CCOCC1CC(C)CCC1C(=O)O. The van der Waals surface area contributed by atoms with E-state index < -0.39 is 5.97 Å². The van der Waals surface area contributed by atoms with E-state index >= 15 is 0 Å². The molecule has 0 amide bonds. The van der Waals surface area contributed by atoms with Gasteiger partial charge >= 0.3 is 5.97 Å². The van der Waals surface area contributed by atoms with E-state index in [0.717, 1.165) is 19.3 Å². The minimum absolute atomic E-state index is 0.183. The summed E-state index contributed by atoms with van der Waals surface area (Å²) >= 11 is 0. The zero-order valence-electron chi connectivity index (χ0n) is 9.03. The second-order valence-corrected chi connectivity index (χ2v) is 4.28. The van der Waals surface area contributed by atoms with Crippen LogP contribution in [0.3, 0.4) is 0 Å². The van der Waals surface area contributed by atoms with Gasteiger partial charge in [-0.15, -0.1) is 0 Å². The van der Waals surface area contributed by atoms with Gasteiger partial charge in [0, 0.05) is 6.61 Å². The maximum Gasteiger partial charge on any atom is 0.306 e. The highest BCUT2D eigenvalue weighted by Crippen LogP contribution is 2.34. The number of hydrogen-bond donors (Lipinski definition) is 1. The summed E-state index contributed by atoms with van der Waals surface area (Å²) in [4.78, 5) is 11.0. The van der Waals surface area contributed by atoms with Crippen molar-refractivity contribution in [1.29, 1.82) is 0 Å². The van der Waals surface area contributed by atoms with Gasteiger partial charge in [-0.2, -0.15) is 0 Å². The summed E-state index contributed by atoms with van der Waals surface area (Å²) in [7, 11) is 0. The Morgan fingerprint density at radius 2 is 2.21 bits per heavy atom. The van der Waals surface area contributed by atoms with Crippen molar-refractivity contribution in [2.24, 2.45) is 17.8 Å². The van der Waals surface area contributed by atoms with E-state index in [1.807, 2.05) is 6.92 Å². The Kier molecular flexibility index (Phi) is 4.39. The smallest absolute Gasteiger partial charge is 0.306 e. The average Bonchev–Trinajstić information content (AvgIpc) is 2.14. The first-order valence-electron chi connectivity index (χ1n) is 5.45. The molecule has 3 atom stereocenters. The summed E-state index contributed by atoms with van der Waals surface area (Å²) < 4.78 is 5.34. The Labute approximate surface area is 85.5 Å². The van der Waals surface area contributed by atoms with E-state index in [2.05, 4.69) is 6.92 Å². The molecule has 3 nitrogen and oxygen atoms in total. The average molecular weight is 200 g/mol. The molecule has 0 radical (unpaired) electrons. The highest BCUT2D eigenvalue weighted by molar-refractivity contribution is 5.70. The van der Waals surface area contributed by atoms with Crippen LogP contribution < -0.4 is 0 Å². The Bertz CT molecular complexity index is 191. The molecule has 1 fully saturated rings. The minimum Gasteiger partial charge on any atom is -0.481 e. The van der Waals surface area contributed by atoms with Gasteiger partial charge in [0.1, 0.15) is 0 Å². The number of aliphatic carboxylic acids is 1. The number of rotatable bonds is 4. The number of hydrogen-bond acceptors (Lipinski definition) is 2. The van der Waals surface area contributed by atoms with Crippen LogP contribution in [0.15, 0.2) is 0 Å². The molecule has 14 heavy (non-hydrogen) atoms. The lowest BCUT2D eigenvalue weighted by atomic mass is 9.75. The number of carboxylic acids is 1. The minimum atomic E-state index is -0.651. The molecular formula is C11H20O3. The maximum atomic E-state index is 11.0. The summed E-state index contributed by atoms with van der Waals surface area (Å²) in [5.74, 6) is 0.0339. The molecule has 3 unspecified atom stereocenters. The van der Waals surface area contributed by atoms with Crippen LogP contribution in [-0.2, 0) is 9.53 Å². The third-order valence-corrected chi connectivity index (χ3v) is 3.10. The summed E-state index contributed by atoms with van der Waals surface area (Å²) in [5, 5.41) is 9.04. The highest BCUT2D eigenvalue weighted by atomic mass is 16.5. The predicted molar refractivity (Wildman–Crippen MR) is 54.1 cm³/mol. The lowest BCUT2D eigenvalue weighted by Gasteiger charge is -2.31. The molecular weight excluding hydrogens is 180 g/mol. The molecule has 0 aromatic heterocycles. The van der Waals surface area contributed by atoms with Gasteiger partial charge in [-0.25, -0.2) is 0 Å². The van der Waals surface area contributed by atoms with E-state index in [1.54, 1.807) is 0 Å². The fourth-order valence-corrected chi connectivity index (χ4v) is 2.28. The molecule has 1 aliphatic rings. The molecule has 0 spiro atoms. The first kappa shape index (κ1) is 11.5. The van der Waals surface area contributed by atoms with Crippen LogP contribution in [0.25, 0.3) is 0 Å². The number of carboxylic acid groups (broad SMARTS) is 1. The molecule has 0 saturated heterocycles. The standard InChI is InChI=1S/C11H20O3/c1-3-14-7-9-6-8(2)4-5-10(9)11(12)13/h8-10H,3-7H2,1-2H3,(H,12,13). The number of carbonyl (C=O) groups is 1. The summed E-state index contributed by atoms with van der Waals surface area (Å²) in [6, 6.07) is 0. The second-order valence-electron chi connectivity index (χ2n) is 4.28. The normalized spacial score (nSPS) is 32.9. The Hall–Kier alpha value is -0.570. The van der Waals surface area contributed by atoms with Crippen LogP contribution in [0.5, 0.6) is 0 Å². The van der Waals surface area contributed by atoms with E-state index in [-0.39, 0.29) is 11.8 Å². The van der Waals surface area contributed by atoms with Gasteiger partial charge in [0.05, 0.1) is 12.5 Å². The molecule has 0 aromatic carbocycles. The lowest BCUT2D eigenvalue weighted by Crippen LogP contribution is -2.32. The van der Waals surface area contributed by atoms with Crippen molar-refractivity contribution in [2.45, 2.75) is 33.1 Å². The molecule has 1 N–H and O–H groups in total. The van der Waals surface area contributed by atoms with E-state index in [1.165, 1.54) is 0 Å². The van der Waals surface area contributed by atoms with Crippen LogP contribution in [0.1, 0.15) is 33.1 Å². The largest absolute Gasteiger partial charge is 0.481 e. The third-order valence-electron chi connectivity index (χ3n) is 3.10. The molecule has 3 heteroatoms. The molecule has 0 bridgehead atoms. The predicted octanol–water partition coefficient (Wildman–Crippen LogP) is 2.16. The summed E-state index contributed by atoms with van der Waals surface area (Å²) in [5.41, 5.74) is 0. The maximum absolute atomic E-state index is 11.0. The summed E-state index contributed by atoms with van der Waals surface area (Å²) in [6.07, 6.45) is 2.85. The monoisotopic (exact) mass is 200 g/mol. The molecule has 0 heterocycles. The van der Waals surface area contributed by atoms with Crippen LogP contribution in [0.4, 0.5) is 0 Å². The van der Waals surface area contributed by atoms with Crippen molar-refractivity contribution in [1.82, 2.24) is 0 Å². The van der Waals surface area contributed by atoms with Crippen molar-refractivity contribution >= 4 is 5.97 Å². The zero-order valence-corrected chi connectivity index (χ0v) is 9.03. The van der Waals surface area contributed by atoms with E-state index in [0.29, 0.717) is 19.1 Å². The quantitative estimate of drug-likeness (QED) is 0.756. The second kappa shape index (κ2) is 5.35. The molecule has 1 saturated carbocycles. The zero-order chi connectivity index (χ0) is 10.6. The Morgan fingerprint density at radius 3 is 2.79 bits per heavy atom. The van der Waals surface area contributed by atoms with Crippen LogP contribution in [0, 0.1) is 17.8 Å². The van der Waals surface area contributed by atoms with E-state index in [9.17, 15) is 4.79 Å². The molecule has 1 aliphatic carbocycles. The van der Waals surface area contributed by atoms with Crippen molar-refractivity contribution in [3.8, 4) is 0 Å². The molecule has 0 aromatic rings. The van der Waals surface area contributed by atoms with Crippen molar-refractivity contribution in [3.05, 3.63) is 0 Å². The van der Waals surface area contributed by atoms with Crippen molar-refractivity contribution in [2.75, 3.05) is 13.2 Å². The fraction of sp³-hybridized carbons (Fsp3) is 0.909. The van der Waals surface area contributed by atoms with Crippen LogP contribution in [0.2, 0.25) is 0 Å². The van der Waals surface area contributed by atoms with Gasteiger partial charge in [0.15, 0.2) is 0 Å². The van der Waals surface area contributed by atoms with Gasteiger partial charge in [0.2, 0.25) is 0 Å². The third kappa shape index (κ3) is 2.98. The molecule has 82 valence electrons. The van der Waals surface area contributed by atoms with E-state index in [4.69, 9.17) is 9.84 Å². The van der Waals surface area contributed by atoms with Gasteiger partial charge in [-0.3, -0.25) is 4.79 Å². The highest BCUT2D eigenvalue weighted by Gasteiger charge is 2.33. The van der Waals surface area contributed by atoms with Crippen molar-refractivity contribution < 1.29 is 14.6 Å². The number of ether oxygens (including phenoxy) is 1. The van der Waals surface area contributed by atoms with Gasteiger partial charge < -0.3 is 9.84 Å². The summed E-state index contributed by atoms with van der Waals surface area (Å²) in [6.45, 7) is 5.42. The molecule has 0 aliphatic heterocycles. The van der Waals surface area contributed by atoms with Crippen LogP contribution in [-0.4, -0.2) is 24.3 Å². The van der Waals surface area contributed by atoms with Crippen LogP contribution >= 0.6 is 0 Å².